The Kier molecular flexibility index (Phi) is 6.47. The Morgan fingerprint density at radius 1 is 1.20 bits per heavy atom. The zero-order chi connectivity index (χ0) is 18.4. The molecular formula is C19H19BrN2O3. The summed E-state index contributed by atoms with van der Waals surface area (Å²) in [5, 5.41) is 3.96. The highest BCUT2D eigenvalue weighted by atomic mass is 79.9. The summed E-state index contributed by atoms with van der Waals surface area (Å²) in [6.07, 6.45) is 1.45. The first-order chi connectivity index (χ1) is 11.9. The molecule has 25 heavy (non-hydrogen) atoms. The van der Waals surface area contributed by atoms with E-state index in [4.69, 9.17) is 4.74 Å². The fourth-order valence-electron chi connectivity index (χ4n) is 1.95. The SMILES string of the molecule is Cc1cccc(C(=O)N/N=C\c2cc(Br)ccc2OC(=O)C(C)C)c1. The van der Waals surface area contributed by atoms with E-state index in [0.29, 0.717) is 16.9 Å². The summed E-state index contributed by atoms with van der Waals surface area (Å²) in [5.41, 5.74) is 4.57. The summed E-state index contributed by atoms with van der Waals surface area (Å²) in [6.45, 7) is 5.44. The Hall–Kier alpha value is -2.47. The van der Waals surface area contributed by atoms with Gasteiger partial charge in [-0.05, 0) is 37.3 Å². The number of esters is 1. The number of hydrogen-bond donors (Lipinski definition) is 1. The van der Waals surface area contributed by atoms with E-state index in [0.717, 1.165) is 10.0 Å². The molecule has 2 aromatic carbocycles. The Morgan fingerprint density at radius 2 is 1.96 bits per heavy atom. The molecule has 0 aliphatic rings. The Balaban J connectivity index is 2.13. The topological polar surface area (TPSA) is 67.8 Å². The molecule has 6 heteroatoms. The van der Waals surface area contributed by atoms with Gasteiger partial charge in [0.25, 0.3) is 5.91 Å². The second-order valence-corrected chi connectivity index (χ2v) is 6.74. The van der Waals surface area contributed by atoms with Gasteiger partial charge in [0.1, 0.15) is 5.75 Å². The van der Waals surface area contributed by atoms with Crippen molar-refractivity contribution in [3.05, 3.63) is 63.6 Å². The Morgan fingerprint density at radius 3 is 2.64 bits per heavy atom. The van der Waals surface area contributed by atoms with Crippen LogP contribution in [0.15, 0.2) is 52.0 Å². The summed E-state index contributed by atoms with van der Waals surface area (Å²) in [7, 11) is 0. The summed E-state index contributed by atoms with van der Waals surface area (Å²) >= 11 is 3.37. The highest BCUT2D eigenvalue weighted by Crippen LogP contribution is 2.22. The molecular weight excluding hydrogens is 384 g/mol. The van der Waals surface area contributed by atoms with Gasteiger partial charge in [0.2, 0.25) is 0 Å². The highest BCUT2D eigenvalue weighted by Gasteiger charge is 2.12. The lowest BCUT2D eigenvalue weighted by Gasteiger charge is -2.09. The van der Waals surface area contributed by atoms with Gasteiger partial charge in [-0.3, -0.25) is 9.59 Å². The molecule has 1 N–H and O–H groups in total. The number of halogens is 1. The summed E-state index contributed by atoms with van der Waals surface area (Å²) in [6, 6.07) is 12.4. The van der Waals surface area contributed by atoms with Crippen LogP contribution in [0.2, 0.25) is 0 Å². The van der Waals surface area contributed by atoms with Gasteiger partial charge in [0, 0.05) is 15.6 Å². The predicted octanol–water partition coefficient (Wildman–Crippen LogP) is 4.08. The number of aryl methyl sites for hydroxylation is 1. The minimum absolute atomic E-state index is 0.241. The minimum Gasteiger partial charge on any atom is -0.426 e. The zero-order valence-electron chi connectivity index (χ0n) is 14.2. The van der Waals surface area contributed by atoms with E-state index in [1.54, 1.807) is 44.2 Å². The van der Waals surface area contributed by atoms with Crippen LogP contribution in [0.5, 0.6) is 5.75 Å². The third-order valence-electron chi connectivity index (χ3n) is 3.30. The third kappa shape index (κ3) is 5.53. The number of hydrazone groups is 1. The molecule has 0 heterocycles. The molecule has 130 valence electrons. The van der Waals surface area contributed by atoms with Crippen LogP contribution in [0.4, 0.5) is 0 Å². The maximum Gasteiger partial charge on any atom is 0.313 e. The number of nitrogens with one attached hydrogen (secondary N) is 1. The minimum atomic E-state index is -0.333. The van der Waals surface area contributed by atoms with Crippen molar-refractivity contribution in [2.75, 3.05) is 0 Å². The molecule has 0 saturated carbocycles. The largest absolute Gasteiger partial charge is 0.426 e. The average molecular weight is 403 g/mol. The van der Waals surface area contributed by atoms with E-state index in [-0.39, 0.29) is 17.8 Å². The van der Waals surface area contributed by atoms with Crippen LogP contribution in [0.1, 0.15) is 35.3 Å². The van der Waals surface area contributed by atoms with Gasteiger partial charge in [0.05, 0.1) is 12.1 Å². The first-order valence-corrected chi connectivity index (χ1v) is 8.57. The second kappa shape index (κ2) is 8.58. The normalized spacial score (nSPS) is 10.9. The predicted molar refractivity (Wildman–Crippen MR) is 101 cm³/mol. The number of carbonyl (C=O) groups excluding carboxylic acids is 2. The lowest BCUT2D eigenvalue weighted by atomic mass is 10.1. The van der Waals surface area contributed by atoms with Crippen molar-refractivity contribution in [3.63, 3.8) is 0 Å². The van der Waals surface area contributed by atoms with Gasteiger partial charge in [-0.2, -0.15) is 5.10 Å². The fraction of sp³-hybridized carbons (Fsp3) is 0.211. The summed E-state index contributed by atoms with van der Waals surface area (Å²) in [4.78, 5) is 23.9. The Labute approximate surface area is 155 Å². The molecule has 5 nitrogen and oxygen atoms in total. The number of ether oxygens (including phenoxy) is 1. The van der Waals surface area contributed by atoms with Crippen molar-refractivity contribution in [2.45, 2.75) is 20.8 Å². The maximum absolute atomic E-state index is 12.1. The van der Waals surface area contributed by atoms with Gasteiger partial charge in [-0.15, -0.1) is 0 Å². The smallest absolute Gasteiger partial charge is 0.313 e. The zero-order valence-corrected chi connectivity index (χ0v) is 15.8. The van der Waals surface area contributed by atoms with Crippen LogP contribution in [0.3, 0.4) is 0 Å². The first kappa shape index (κ1) is 18.9. The van der Waals surface area contributed by atoms with Gasteiger partial charge >= 0.3 is 5.97 Å². The first-order valence-electron chi connectivity index (χ1n) is 7.78. The van der Waals surface area contributed by atoms with E-state index in [1.165, 1.54) is 6.21 Å². The second-order valence-electron chi connectivity index (χ2n) is 5.83. The number of nitrogens with zero attached hydrogens (tertiary/aromatic N) is 1. The molecule has 0 radical (unpaired) electrons. The number of rotatable bonds is 5. The van der Waals surface area contributed by atoms with Crippen LogP contribution in [0, 0.1) is 12.8 Å². The van der Waals surface area contributed by atoms with Crippen LogP contribution < -0.4 is 10.2 Å². The van der Waals surface area contributed by atoms with Crippen LogP contribution in [-0.2, 0) is 4.79 Å². The molecule has 0 saturated heterocycles. The quantitative estimate of drug-likeness (QED) is 0.354. The van der Waals surface area contributed by atoms with Crippen molar-refractivity contribution in [2.24, 2.45) is 11.0 Å². The van der Waals surface area contributed by atoms with E-state index < -0.39 is 0 Å². The van der Waals surface area contributed by atoms with E-state index in [2.05, 4.69) is 26.5 Å². The molecule has 0 aliphatic carbocycles. The third-order valence-corrected chi connectivity index (χ3v) is 3.80. The van der Waals surface area contributed by atoms with E-state index >= 15 is 0 Å². The van der Waals surface area contributed by atoms with Gasteiger partial charge < -0.3 is 4.74 Å². The van der Waals surface area contributed by atoms with Gasteiger partial charge in [-0.25, -0.2) is 5.43 Å². The van der Waals surface area contributed by atoms with Crippen molar-refractivity contribution >= 4 is 34.0 Å². The fourth-order valence-corrected chi connectivity index (χ4v) is 2.33. The van der Waals surface area contributed by atoms with Crippen LogP contribution >= 0.6 is 15.9 Å². The molecule has 0 aliphatic heterocycles. The number of hydrogen-bond acceptors (Lipinski definition) is 4. The van der Waals surface area contributed by atoms with Crippen molar-refractivity contribution in [3.8, 4) is 5.75 Å². The number of benzene rings is 2. The van der Waals surface area contributed by atoms with E-state index in [9.17, 15) is 9.59 Å². The summed E-state index contributed by atoms with van der Waals surface area (Å²) < 4.78 is 6.16. The average Bonchev–Trinajstić information content (AvgIpc) is 2.56. The molecule has 0 fully saturated rings. The van der Waals surface area contributed by atoms with Crippen LogP contribution in [0.25, 0.3) is 0 Å². The van der Waals surface area contributed by atoms with E-state index in [1.807, 2.05) is 19.1 Å². The van der Waals surface area contributed by atoms with Crippen molar-refractivity contribution in [1.82, 2.24) is 5.43 Å². The molecule has 1 amide bonds. The monoisotopic (exact) mass is 402 g/mol. The van der Waals surface area contributed by atoms with Crippen molar-refractivity contribution in [1.29, 1.82) is 0 Å². The molecule has 0 spiro atoms. The Bertz CT molecular complexity index is 816. The maximum atomic E-state index is 12.1. The molecule has 0 aromatic heterocycles. The number of carbonyl (C=O) groups is 2. The number of amides is 1. The van der Waals surface area contributed by atoms with Crippen molar-refractivity contribution < 1.29 is 14.3 Å². The standard InChI is InChI=1S/C19H19BrN2O3/c1-12(2)19(24)25-17-8-7-16(20)10-15(17)11-21-22-18(23)14-6-4-5-13(3)9-14/h4-12H,1-3H3,(H,22,23)/b21-11-. The van der Waals surface area contributed by atoms with Gasteiger partial charge in [-0.1, -0.05) is 47.5 Å². The molecule has 0 bridgehead atoms. The molecule has 2 aromatic rings. The highest BCUT2D eigenvalue weighted by molar-refractivity contribution is 9.10. The summed E-state index contributed by atoms with van der Waals surface area (Å²) in [5.74, 6) is -0.499. The lowest BCUT2D eigenvalue weighted by molar-refractivity contribution is -0.137. The molecule has 2 rings (SSSR count). The molecule has 0 unspecified atom stereocenters. The van der Waals surface area contributed by atoms with Crippen LogP contribution in [-0.4, -0.2) is 18.1 Å². The van der Waals surface area contributed by atoms with Gasteiger partial charge in [0.15, 0.2) is 0 Å². The molecule has 0 atom stereocenters. The lowest BCUT2D eigenvalue weighted by Crippen LogP contribution is -2.18.